The third-order valence-corrected chi connectivity index (χ3v) is 4.98. The lowest BCUT2D eigenvalue weighted by atomic mass is 10.1. The Kier molecular flexibility index (Phi) is 8.23. The fourth-order valence-corrected chi connectivity index (χ4v) is 3.19. The summed E-state index contributed by atoms with van der Waals surface area (Å²) in [6.07, 6.45) is 3.03. The number of halogens is 2. The minimum Gasteiger partial charge on any atom is -0.363 e. The Morgan fingerprint density at radius 1 is 1.26 bits per heavy atom. The van der Waals surface area contributed by atoms with Gasteiger partial charge in [0.2, 0.25) is 0 Å². The number of nitrogens with zero attached hydrogens (tertiary/aromatic N) is 2. The van der Waals surface area contributed by atoms with Gasteiger partial charge in [0.1, 0.15) is 22.4 Å². The van der Waals surface area contributed by atoms with Crippen molar-refractivity contribution in [2.24, 2.45) is 4.99 Å². The molecule has 2 amide bonds. The number of hydrogen-bond donors (Lipinski definition) is 3. The summed E-state index contributed by atoms with van der Waals surface area (Å²) in [4.78, 5) is 30.6. The van der Waals surface area contributed by atoms with E-state index in [1.807, 2.05) is 0 Å². The Morgan fingerprint density at radius 2 is 1.97 bits per heavy atom. The molecule has 0 aliphatic heterocycles. The number of amidine groups is 1. The molecule has 162 valence electrons. The van der Waals surface area contributed by atoms with E-state index < -0.39 is 17.6 Å². The van der Waals surface area contributed by atoms with E-state index in [1.54, 1.807) is 38.5 Å². The number of aliphatic imine (C=N–C) groups is 1. The number of rotatable bonds is 7. The molecule has 1 heterocycles. The normalized spacial score (nSPS) is 11.6. The molecular weight excluding hydrogens is 441 g/mol. The van der Waals surface area contributed by atoms with Crippen molar-refractivity contribution in [1.29, 1.82) is 5.41 Å². The van der Waals surface area contributed by atoms with Crippen molar-refractivity contribution in [2.45, 2.75) is 6.92 Å². The van der Waals surface area contributed by atoms with E-state index >= 15 is 0 Å². The summed E-state index contributed by atoms with van der Waals surface area (Å²) < 4.78 is 14.5. The quantitative estimate of drug-likeness (QED) is 0.323. The third kappa shape index (κ3) is 6.34. The molecule has 0 spiro atoms. The maximum atomic E-state index is 14.5. The van der Waals surface area contributed by atoms with Gasteiger partial charge >= 0.3 is 0 Å². The number of amides is 2. The van der Waals surface area contributed by atoms with E-state index in [9.17, 15) is 14.0 Å². The second-order valence-electron chi connectivity index (χ2n) is 6.47. The molecule has 1 aromatic carbocycles. The van der Waals surface area contributed by atoms with Gasteiger partial charge in [-0.2, -0.15) is 0 Å². The van der Waals surface area contributed by atoms with Crippen molar-refractivity contribution in [1.82, 2.24) is 10.2 Å². The lowest BCUT2D eigenvalue weighted by Crippen LogP contribution is -2.23. The highest BCUT2D eigenvalue weighted by Crippen LogP contribution is 2.24. The number of nitrogens with one attached hydrogen (secondary N) is 3. The molecular formula is C21H21ClFN5O2S. The Bertz CT molecular complexity index is 1090. The fraction of sp³-hybridized carbons (Fsp3) is 0.143. The summed E-state index contributed by atoms with van der Waals surface area (Å²) in [5.41, 5.74) is 0.362. The summed E-state index contributed by atoms with van der Waals surface area (Å²) in [7, 11) is 3.33. The van der Waals surface area contributed by atoms with Crippen molar-refractivity contribution in [3.05, 3.63) is 74.5 Å². The lowest BCUT2D eigenvalue weighted by Gasteiger charge is -2.14. The van der Waals surface area contributed by atoms with Gasteiger partial charge < -0.3 is 15.5 Å². The topological polar surface area (TPSA) is 97.6 Å². The number of thiophene rings is 1. The van der Waals surface area contributed by atoms with Crippen LogP contribution in [-0.4, -0.2) is 43.4 Å². The molecule has 0 radical (unpaired) electrons. The summed E-state index contributed by atoms with van der Waals surface area (Å²) in [6.45, 7) is 5.06. The molecule has 0 unspecified atom stereocenters. The zero-order valence-corrected chi connectivity index (χ0v) is 18.7. The van der Waals surface area contributed by atoms with Crippen LogP contribution in [0.2, 0.25) is 0 Å². The van der Waals surface area contributed by atoms with Crippen LogP contribution in [0.3, 0.4) is 0 Å². The fourth-order valence-electron chi connectivity index (χ4n) is 2.38. The molecule has 31 heavy (non-hydrogen) atoms. The number of benzene rings is 1. The summed E-state index contributed by atoms with van der Waals surface area (Å²) >= 11 is 6.86. The van der Waals surface area contributed by atoms with Crippen molar-refractivity contribution in [2.75, 3.05) is 19.4 Å². The summed E-state index contributed by atoms with van der Waals surface area (Å²) in [6, 6.07) is 5.45. The van der Waals surface area contributed by atoms with E-state index in [4.69, 9.17) is 17.0 Å². The van der Waals surface area contributed by atoms with Gasteiger partial charge in [-0.3, -0.25) is 15.0 Å². The predicted octanol–water partition coefficient (Wildman–Crippen LogP) is 4.44. The minimum absolute atomic E-state index is 0.113. The van der Waals surface area contributed by atoms with Gasteiger partial charge in [-0.05, 0) is 49.4 Å². The van der Waals surface area contributed by atoms with Gasteiger partial charge in [-0.15, -0.1) is 11.3 Å². The smallest absolute Gasteiger partial charge is 0.269 e. The molecule has 1 aromatic heterocycles. The molecule has 0 atom stereocenters. The Balaban J connectivity index is 2.20. The zero-order chi connectivity index (χ0) is 23.1. The van der Waals surface area contributed by atoms with Crippen LogP contribution >= 0.6 is 22.9 Å². The average molecular weight is 462 g/mol. The molecule has 0 fully saturated rings. The van der Waals surface area contributed by atoms with Gasteiger partial charge in [-0.25, -0.2) is 9.38 Å². The average Bonchev–Trinajstić information content (AvgIpc) is 3.18. The predicted molar refractivity (Wildman–Crippen MR) is 124 cm³/mol. The van der Waals surface area contributed by atoms with Crippen molar-refractivity contribution < 1.29 is 14.0 Å². The van der Waals surface area contributed by atoms with Gasteiger partial charge in [0.25, 0.3) is 11.8 Å². The van der Waals surface area contributed by atoms with E-state index in [0.717, 1.165) is 17.4 Å². The highest BCUT2D eigenvalue weighted by atomic mass is 35.5. The third-order valence-electron chi connectivity index (χ3n) is 3.94. The van der Waals surface area contributed by atoms with Gasteiger partial charge in [0, 0.05) is 24.7 Å². The first kappa shape index (κ1) is 24.0. The number of allylic oxidation sites excluding steroid dienone is 3. The maximum Gasteiger partial charge on any atom is 0.269 e. The molecule has 10 heteroatoms. The highest BCUT2D eigenvalue weighted by Gasteiger charge is 2.19. The van der Waals surface area contributed by atoms with Crippen LogP contribution in [-0.2, 0) is 0 Å². The van der Waals surface area contributed by atoms with Gasteiger partial charge in [0.15, 0.2) is 0 Å². The molecule has 3 N–H and O–H groups in total. The van der Waals surface area contributed by atoms with E-state index in [-0.39, 0.29) is 27.8 Å². The molecule has 2 aromatic rings. The van der Waals surface area contributed by atoms with Crippen molar-refractivity contribution >= 4 is 53.0 Å². The lowest BCUT2D eigenvalue weighted by molar-refractivity contribution is 0.0970. The first-order chi connectivity index (χ1) is 14.6. The number of carbonyl (C=O) groups excluding carboxylic acids is 2. The van der Waals surface area contributed by atoms with Crippen LogP contribution in [0.25, 0.3) is 0 Å². The Labute approximate surface area is 188 Å². The molecule has 0 aliphatic carbocycles. The number of hydrogen-bond acceptors (Lipinski definition) is 5. The van der Waals surface area contributed by atoms with E-state index in [0.29, 0.717) is 10.6 Å². The maximum absolute atomic E-state index is 14.5. The second-order valence-corrected chi connectivity index (χ2v) is 7.99. The summed E-state index contributed by atoms with van der Waals surface area (Å²) in [5.74, 6) is -1.71. The van der Waals surface area contributed by atoms with Crippen molar-refractivity contribution in [3.8, 4) is 0 Å². The van der Waals surface area contributed by atoms with Crippen LogP contribution in [0, 0.1) is 11.2 Å². The van der Waals surface area contributed by atoms with Crippen LogP contribution in [0.15, 0.2) is 57.6 Å². The molecule has 2 rings (SSSR count). The molecule has 7 nitrogen and oxygen atoms in total. The largest absolute Gasteiger partial charge is 0.363 e. The second kappa shape index (κ2) is 10.6. The monoisotopic (exact) mass is 461 g/mol. The minimum atomic E-state index is -0.771. The van der Waals surface area contributed by atoms with E-state index in [1.165, 1.54) is 23.1 Å². The van der Waals surface area contributed by atoms with Crippen LogP contribution < -0.4 is 10.6 Å². The first-order valence-corrected chi connectivity index (χ1v) is 10.2. The number of anilines is 1. The number of carbonyl (C=O) groups is 2. The van der Waals surface area contributed by atoms with E-state index in [2.05, 4.69) is 22.3 Å². The molecule has 0 saturated heterocycles. The van der Waals surface area contributed by atoms with Crippen LogP contribution in [0.5, 0.6) is 0 Å². The Morgan fingerprint density at radius 3 is 2.55 bits per heavy atom. The van der Waals surface area contributed by atoms with Crippen molar-refractivity contribution in [3.63, 3.8) is 0 Å². The Hall–Kier alpha value is -3.30. The first-order valence-electron chi connectivity index (χ1n) is 8.90. The van der Waals surface area contributed by atoms with Gasteiger partial charge in [-0.1, -0.05) is 17.7 Å². The van der Waals surface area contributed by atoms with Crippen LogP contribution in [0.4, 0.5) is 10.1 Å². The van der Waals surface area contributed by atoms with Crippen LogP contribution in [0.1, 0.15) is 32.5 Å². The zero-order valence-electron chi connectivity index (χ0n) is 17.1. The SMILES string of the molecule is C=N/C(=C\C=C(/C)Cl)NC(=O)c1sccc1NC(=O)c1ccc(C(=N)N(C)C)cc1F. The van der Waals surface area contributed by atoms with Gasteiger partial charge in [0.05, 0.1) is 11.3 Å². The molecule has 0 aliphatic rings. The standard InChI is InChI=1S/C21H21ClFN5O2S/c1-12(22)5-8-17(25-2)27-21(30)18-16(9-10-31-18)26-20(29)14-7-6-13(11-15(14)23)19(24)28(3)4/h5-11,24H,2H2,1,3-4H3,(H,26,29)(H,27,30)/b12-5+,17-8+,24-19?. The molecule has 0 saturated carbocycles. The highest BCUT2D eigenvalue weighted by molar-refractivity contribution is 7.12. The summed E-state index contributed by atoms with van der Waals surface area (Å²) in [5, 5.41) is 15.1. The molecule has 0 bridgehead atoms.